The molecular formula is C21H25F3N2O3. The van der Waals surface area contributed by atoms with Crippen molar-refractivity contribution >= 4 is 5.91 Å². The first-order valence-corrected chi connectivity index (χ1v) is 9.13. The lowest BCUT2D eigenvalue weighted by atomic mass is 9.87. The topological polar surface area (TPSA) is 60.5 Å². The Bertz CT molecular complexity index is 815. The van der Waals surface area contributed by atoms with Crippen molar-refractivity contribution in [3.8, 4) is 11.6 Å². The molecule has 0 saturated carbocycles. The first kappa shape index (κ1) is 22.5. The maximum Gasteiger partial charge on any atom is 0.422 e. The zero-order chi connectivity index (χ0) is 21.7. The number of nitrogens with zero attached hydrogens (tertiary/aromatic N) is 1. The van der Waals surface area contributed by atoms with Gasteiger partial charge in [-0.25, -0.2) is 4.98 Å². The molecule has 5 nitrogen and oxygen atoms in total. The van der Waals surface area contributed by atoms with Crippen LogP contribution in [0.25, 0.3) is 0 Å². The van der Waals surface area contributed by atoms with Gasteiger partial charge in [0.2, 0.25) is 5.88 Å². The number of amides is 1. The molecule has 1 aromatic heterocycles. The standard InChI is InChI=1S/C21H25F3N2O3/c1-14(29-17-7-5-16(6-8-17)20(2,3)4)19(27)26-12-15-9-10-25-18(11-15)28-13-21(22,23)24/h5-11,14H,12-13H2,1-4H3,(H,26,27). The fourth-order valence-corrected chi connectivity index (χ4v) is 2.42. The summed E-state index contributed by atoms with van der Waals surface area (Å²) in [5.41, 5.74) is 1.74. The molecule has 2 rings (SSSR count). The number of ether oxygens (including phenoxy) is 2. The number of pyridine rings is 1. The van der Waals surface area contributed by atoms with Crippen LogP contribution in [-0.2, 0) is 16.8 Å². The summed E-state index contributed by atoms with van der Waals surface area (Å²) in [7, 11) is 0. The number of carbonyl (C=O) groups excluding carboxylic acids is 1. The highest BCUT2D eigenvalue weighted by Gasteiger charge is 2.28. The van der Waals surface area contributed by atoms with Crippen LogP contribution < -0.4 is 14.8 Å². The summed E-state index contributed by atoms with van der Waals surface area (Å²) in [6.45, 7) is 6.64. The molecule has 29 heavy (non-hydrogen) atoms. The number of rotatable bonds is 7. The van der Waals surface area contributed by atoms with E-state index in [1.165, 1.54) is 12.3 Å². The van der Waals surface area contributed by atoms with Crippen LogP contribution in [0.4, 0.5) is 13.2 Å². The molecule has 158 valence electrons. The van der Waals surface area contributed by atoms with Gasteiger partial charge in [-0.1, -0.05) is 32.9 Å². The van der Waals surface area contributed by atoms with Crippen molar-refractivity contribution < 1.29 is 27.4 Å². The average molecular weight is 410 g/mol. The van der Waals surface area contributed by atoms with E-state index >= 15 is 0 Å². The Hall–Kier alpha value is -2.77. The molecule has 0 spiro atoms. The highest BCUT2D eigenvalue weighted by Crippen LogP contribution is 2.24. The average Bonchev–Trinajstić information content (AvgIpc) is 2.64. The number of halogens is 3. The smallest absolute Gasteiger partial charge is 0.422 e. The summed E-state index contributed by atoms with van der Waals surface area (Å²) < 4.78 is 46.9. The van der Waals surface area contributed by atoms with Gasteiger partial charge in [0.15, 0.2) is 12.7 Å². The minimum absolute atomic E-state index is 0.0225. The number of alkyl halides is 3. The van der Waals surface area contributed by atoms with Gasteiger partial charge in [-0.3, -0.25) is 4.79 Å². The van der Waals surface area contributed by atoms with E-state index in [9.17, 15) is 18.0 Å². The number of aromatic nitrogens is 1. The summed E-state index contributed by atoms with van der Waals surface area (Å²) in [5.74, 6) is 0.0733. The molecule has 0 aliphatic heterocycles. The quantitative estimate of drug-likeness (QED) is 0.735. The third-order valence-corrected chi connectivity index (χ3v) is 4.05. The van der Waals surface area contributed by atoms with Crippen molar-refractivity contribution in [3.63, 3.8) is 0 Å². The van der Waals surface area contributed by atoms with Crippen molar-refractivity contribution in [3.05, 3.63) is 53.7 Å². The third kappa shape index (κ3) is 7.63. The zero-order valence-electron chi connectivity index (χ0n) is 16.8. The number of hydrogen-bond donors (Lipinski definition) is 1. The lowest BCUT2D eigenvalue weighted by Gasteiger charge is -2.20. The van der Waals surface area contributed by atoms with Crippen molar-refractivity contribution in [1.82, 2.24) is 10.3 Å². The summed E-state index contributed by atoms with van der Waals surface area (Å²) in [6, 6.07) is 10.5. The van der Waals surface area contributed by atoms with Gasteiger partial charge in [0.1, 0.15) is 5.75 Å². The molecule has 0 bridgehead atoms. The molecule has 1 atom stereocenters. The van der Waals surface area contributed by atoms with Crippen LogP contribution in [0.1, 0.15) is 38.8 Å². The molecule has 1 N–H and O–H groups in total. The second-order valence-electron chi connectivity index (χ2n) is 7.66. The molecule has 1 heterocycles. The second kappa shape index (κ2) is 9.15. The molecule has 1 amide bonds. The minimum Gasteiger partial charge on any atom is -0.481 e. The van der Waals surface area contributed by atoms with Crippen LogP contribution in [0.2, 0.25) is 0 Å². The third-order valence-electron chi connectivity index (χ3n) is 4.05. The summed E-state index contributed by atoms with van der Waals surface area (Å²) in [5, 5.41) is 2.68. The van der Waals surface area contributed by atoms with E-state index in [0.717, 1.165) is 5.56 Å². The number of hydrogen-bond acceptors (Lipinski definition) is 4. The monoisotopic (exact) mass is 410 g/mol. The summed E-state index contributed by atoms with van der Waals surface area (Å²) >= 11 is 0. The molecule has 0 radical (unpaired) electrons. The molecule has 1 unspecified atom stereocenters. The number of nitrogens with one attached hydrogen (secondary N) is 1. The van der Waals surface area contributed by atoms with E-state index in [2.05, 4.69) is 35.8 Å². The van der Waals surface area contributed by atoms with Crippen LogP contribution in [0.3, 0.4) is 0 Å². The molecule has 0 fully saturated rings. The second-order valence-corrected chi connectivity index (χ2v) is 7.66. The molecule has 2 aromatic rings. The Morgan fingerprint density at radius 1 is 1.14 bits per heavy atom. The Balaban J connectivity index is 1.87. The van der Waals surface area contributed by atoms with Crippen molar-refractivity contribution in [1.29, 1.82) is 0 Å². The van der Waals surface area contributed by atoms with Crippen LogP contribution in [0, 0.1) is 0 Å². The highest BCUT2D eigenvalue weighted by atomic mass is 19.4. The van der Waals surface area contributed by atoms with Gasteiger partial charge in [-0.2, -0.15) is 13.2 Å². The highest BCUT2D eigenvalue weighted by molar-refractivity contribution is 5.80. The minimum atomic E-state index is -4.44. The SMILES string of the molecule is CC(Oc1ccc(C(C)(C)C)cc1)C(=O)NCc1ccnc(OCC(F)(F)F)c1. The van der Waals surface area contributed by atoms with E-state index in [4.69, 9.17) is 4.74 Å². The Morgan fingerprint density at radius 2 is 1.79 bits per heavy atom. The van der Waals surface area contributed by atoms with Gasteiger partial charge in [0.25, 0.3) is 5.91 Å². The summed E-state index contributed by atoms with van der Waals surface area (Å²) in [6.07, 6.45) is -3.86. The molecule has 1 aromatic carbocycles. The first-order chi connectivity index (χ1) is 13.4. The van der Waals surface area contributed by atoms with E-state index < -0.39 is 18.9 Å². The van der Waals surface area contributed by atoms with Crippen LogP contribution in [0.5, 0.6) is 11.6 Å². The lowest BCUT2D eigenvalue weighted by Crippen LogP contribution is -2.35. The predicted octanol–water partition coefficient (Wildman–Crippen LogP) is 4.40. The van der Waals surface area contributed by atoms with Gasteiger partial charge >= 0.3 is 6.18 Å². The van der Waals surface area contributed by atoms with Crippen molar-refractivity contribution in [2.75, 3.05) is 6.61 Å². The number of carbonyl (C=O) groups is 1. The van der Waals surface area contributed by atoms with E-state index in [1.807, 2.05) is 24.3 Å². The van der Waals surface area contributed by atoms with Gasteiger partial charge in [0, 0.05) is 18.8 Å². The van der Waals surface area contributed by atoms with E-state index in [1.54, 1.807) is 13.0 Å². The van der Waals surface area contributed by atoms with Gasteiger partial charge in [-0.15, -0.1) is 0 Å². The first-order valence-electron chi connectivity index (χ1n) is 9.13. The fraction of sp³-hybridized carbons (Fsp3) is 0.429. The van der Waals surface area contributed by atoms with E-state index in [-0.39, 0.29) is 23.7 Å². The predicted molar refractivity (Wildman–Crippen MR) is 103 cm³/mol. The van der Waals surface area contributed by atoms with Crippen LogP contribution in [0.15, 0.2) is 42.6 Å². The van der Waals surface area contributed by atoms with Crippen molar-refractivity contribution in [2.24, 2.45) is 0 Å². The molecular weight excluding hydrogens is 385 g/mol. The van der Waals surface area contributed by atoms with Gasteiger partial charge in [0.05, 0.1) is 0 Å². The Morgan fingerprint density at radius 3 is 2.38 bits per heavy atom. The zero-order valence-corrected chi connectivity index (χ0v) is 16.8. The normalized spacial score (nSPS) is 12.9. The molecule has 0 aliphatic carbocycles. The van der Waals surface area contributed by atoms with Crippen LogP contribution in [-0.4, -0.2) is 29.8 Å². The lowest BCUT2D eigenvalue weighted by molar-refractivity contribution is -0.154. The molecule has 0 aliphatic rings. The maximum atomic E-state index is 12.3. The van der Waals surface area contributed by atoms with Gasteiger partial charge < -0.3 is 14.8 Å². The van der Waals surface area contributed by atoms with Gasteiger partial charge in [-0.05, 0) is 41.7 Å². The maximum absolute atomic E-state index is 12.3. The summed E-state index contributed by atoms with van der Waals surface area (Å²) in [4.78, 5) is 16.0. The van der Waals surface area contributed by atoms with Crippen LogP contribution >= 0.6 is 0 Å². The molecule has 8 heteroatoms. The fourth-order valence-electron chi connectivity index (χ4n) is 2.42. The Labute approximate surface area is 168 Å². The largest absolute Gasteiger partial charge is 0.481 e. The number of benzene rings is 1. The Kier molecular flexibility index (Phi) is 7.11. The van der Waals surface area contributed by atoms with Crippen molar-refractivity contribution in [2.45, 2.75) is 51.9 Å². The molecule has 0 saturated heterocycles. The van der Waals surface area contributed by atoms with E-state index in [0.29, 0.717) is 11.3 Å².